The summed E-state index contributed by atoms with van der Waals surface area (Å²) in [5.41, 5.74) is 5.74. The zero-order valence-corrected chi connectivity index (χ0v) is 17.1. The average molecular weight is 400 g/mol. The number of fused-ring (bicyclic) bond motifs is 1. The van der Waals surface area contributed by atoms with E-state index in [2.05, 4.69) is 28.6 Å². The predicted octanol–water partition coefficient (Wildman–Crippen LogP) is 4.64. The van der Waals surface area contributed by atoms with Gasteiger partial charge in [-0.1, -0.05) is 17.7 Å². The van der Waals surface area contributed by atoms with E-state index in [9.17, 15) is 4.79 Å². The molecule has 27 heavy (non-hydrogen) atoms. The van der Waals surface area contributed by atoms with Gasteiger partial charge in [0.05, 0.1) is 0 Å². The molecule has 0 aliphatic carbocycles. The van der Waals surface area contributed by atoms with Crippen molar-refractivity contribution in [3.8, 4) is 0 Å². The van der Waals surface area contributed by atoms with E-state index >= 15 is 0 Å². The van der Waals surface area contributed by atoms with Gasteiger partial charge >= 0.3 is 0 Å². The zero-order valence-electron chi connectivity index (χ0n) is 15.6. The van der Waals surface area contributed by atoms with Crippen molar-refractivity contribution in [2.24, 2.45) is 0 Å². The lowest BCUT2D eigenvalue weighted by Gasteiger charge is -2.13. The van der Waals surface area contributed by atoms with Crippen LogP contribution in [0.4, 0.5) is 5.69 Å². The molecule has 0 atom stereocenters. The van der Waals surface area contributed by atoms with Crippen LogP contribution in [0.1, 0.15) is 22.3 Å². The van der Waals surface area contributed by atoms with E-state index in [0.29, 0.717) is 23.1 Å². The van der Waals surface area contributed by atoms with Crippen LogP contribution in [-0.2, 0) is 6.42 Å². The van der Waals surface area contributed by atoms with Gasteiger partial charge in [0.25, 0.3) is 5.56 Å². The number of hydrogen-bond donors (Lipinski definition) is 3. The second kappa shape index (κ2) is 8.11. The maximum Gasteiger partial charge on any atom is 0.251 e. The number of aromatic nitrogens is 1. The molecule has 1 heterocycles. The summed E-state index contributed by atoms with van der Waals surface area (Å²) in [5.74, 6) is 0. The second-order valence-electron chi connectivity index (χ2n) is 6.69. The largest absolute Gasteiger partial charge is 0.362 e. The number of pyridine rings is 1. The molecule has 0 spiro atoms. The van der Waals surface area contributed by atoms with Crippen LogP contribution in [0.5, 0.6) is 0 Å². The molecule has 0 radical (unpaired) electrons. The molecule has 0 saturated carbocycles. The fraction of sp³-hybridized carbons (Fsp3) is 0.238. The minimum atomic E-state index is -0.0582. The number of benzene rings is 2. The molecule has 3 aromatic rings. The molecule has 0 aliphatic heterocycles. The lowest BCUT2D eigenvalue weighted by atomic mass is 10.0. The number of rotatable bonds is 4. The van der Waals surface area contributed by atoms with E-state index < -0.39 is 0 Å². The lowest BCUT2D eigenvalue weighted by Crippen LogP contribution is -2.31. The molecule has 3 rings (SSSR count). The van der Waals surface area contributed by atoms with Crippen molar-refractivity contribution in [2.45, 2.75) is 27.2 Å². The van der Waals surface area contributed by atoms with Gasteiger partial charge in [0.15, 0.2) is 5.11 Å². The summed E-state index contributed by atoms with van der Waals surface area (Å²) in [6.45, 7) is 6.61. The van der Waals surface area contributed by atoms with Crippen LogP contribution in [0.3, 0.4) is 0 Å². The van der Waals surface area contributed by atoms with Crippen LogP contribution in [0.25, 0.3) is 10.9 Å². The molecule has 1 aromatic heterocycles. The van der Waals surface area contributed by atoms with Crippen molar-refractivity contribution in [3.05, 3.63) is 74.0 Å². The smallest absolute Gasteiger partial charge is 0.251 e. The molecule has 3 N–H and O–H groups in total. The first kappa shape index (κ1) is 19.4. The zero-order chi connectivity index (χ0) is 19.6. The van der Waals surface area contributed by atoms with Crippen molar-refractivity contribution >= 4 is 45.5 Å². The summed E-state index contributed by atoms with van der Waals surface area (Å²) >= 11 is 11.5. The molecule has 0 bridgehead atoms. The Morgan fingerprint density at radius 3 is 2.67 bits per heavy atom. The van der Waals surface area contributed by atoms with Gasteiger partial charge in [0.1, 0.15) is 0 Å². The Kier molecular flexibility index (Phi) is 5.82. The van der Waals surface area contributed by atoms with Gasteiger partial charge in [-0.15, -0.1) is 0 Å². The van der Waals surface area contributed by atoms with Gasteiger partial charge in [-0.3, -0.25) is 4.79 Å². The van der Waals surface area contributed by atoms with Crippen LogP contribution in [0.15, 0.2) is 41.2 Å². The molecule has 0 aliphatic rings. The normalized spacial score (nSPS) is 10.8. The summed E-state index contributed by atoms with van der Waals surface area (Å²) in [6.07, 6.45) is 0.578. The molecule has 2 aromatic carbocycles. The molecule has 140 valence electrons. The summed E-state index contributed by atoms with van der Waals surface area (Å²) in [4.78, 5) is 15.3. The summed E-state index contributed by atoms with van der Waals surface area (Å²) in [7, 11) is 0. The standard InChI is InChI=1S/C21H22ClN3OS/c1-12-9-16-11-15(20(26)24-19(16)10-13(12)2)7-8-23-21(27)25-18-6-4-5-17(22)14(18)3/h4-6,9-11H,7-8H2,1-3H3,(H,24,26)(H2,23,25,27). The second-order valence-corrected chi connectivity index (χ2v) is 7.51. The van der Waals surface area contributed by atoms with E-state index in [-0.39, 0.29) is 5.56 Å². The first-order chi connectivity index (χ1) is 12.8. The highest BCUT2D eigenvalue weighted by atomic mass is 35.5. The number of halogens is 1. The Labute approximate surface area is 169 Å². The Morgan fingerprint density at radius 1 is 1.15 bits per heavy atom. The number of anilines is 1. The Bertz CT molecular complexity index is 1070. The molecular weight excluding hydrogens is 378 g/mol. The first-order valence-corrected chi connectivity index (χ1v) is 9.57. The fourth-order valence-corrected chi connectivity index (χ4v) is 3.31. The first-order valence-electron chi connectivity index (χ1n) is 8.78. The van der Waals surface area contributed by atoms with Crippen molar-refractivity contribution in [1.82, 2.24) is 10.3 Å². The molecule has 6 heteroatoms. The van der Waals surface area contributed by atoms with Crippen molar-refractivity contribution in [2.75, 3.05) is 11.9 Å². The maximum atomic E-state index is 12.3. The van der Waals surface area contributed by atoms with Crippen LogP contribution in [0, 0.1) is 20.8 Å². The Balaban J connectivity index is 1.65. The molecule has 0 fully saturated rings. The third kappa shape index (κ3) is 4.49. The van der Waals surface area contributed by atoms with Gasteiger partial charge in [-0.05, 0) is 91.8 Å². The molecule has 0 amide bonds. The van der Waals surface area contributed by atoms with Gasteiger partial charge in [-0.2, -0.15) is 0 Å². The minimum absolute atomic E-state index is 0.0582. The number of thiocarbonyl (C=S) groups is 1. The maximum absolute atomic E-state index is 12.3. The van der Waals surface area contributed by atoms with Gasteiger partial charge in [0, 0.05) is 28.3 Å². The quantitative estimate of drug-likeness (QED) is 0.559. The van der Waals surface area contributed by atoms with E-state index in [1.165, 1.54) is 11.1 Å². The van der Waals surface area contributed by atoms with Crippen molar-refractivity contribution < 1.29 is 0 Å². The third-order valence-electron chi connectivity index (χ3n) is 4.73. The third-order valence-corrected chi connectivity index (χ3v) is 5.39. The van der Waals surface area contributed by atoms with Gasteiger partial charge in [0.2, 0.25) is 0 Å². The van der Waals surface area contributed by atoms with Crippen LogP contribution >= 0.6 is 23.8 Å². The highest BCUT2D eigenvalue weighted by Gasteiger charge is 2.07. The highest BCUT2D eigenvalue weighted by molar-refractivity contribution is 7.80. The van der Waals surface area contributed by atoms with E-state index in [0.717, 1.165) is 27.7 Å². The SMILES string of the molecule is Cc1cc2cc(CCNC(=S)Nc3cccc(Cl)c3C)c(=O)[nH]c2cc1C. The van der Waals surface area contributed by atoms with E-state index in [1.54, 1.807) is 0 Å². The molecular formula is C21H22ClN3OS. The predicted molar refractivity (Wildman–Crippen MR) is 118 cm³/mol. The van der Waals surface area contributed by atoms with Crippen LogP contribution < -0.4 is 16.2 Å². The van der Waals surface area contributed by atoms with Crippen LogP contribution in [0.2, 0.25) is 5.02 Å². The topological polar surface area (TPSA) is 56.9 Å². The van der Waals surface area contributed by atoms with Gasteiger partial charge in [-0.25, -0.2) is 0 Å². The van der Waals surface area contributed by atoms with E-state index in [4.69, 9.17) is 23.8 Å². The molecule has 4 nitrogen and oxygen atoms in total. The van der Waals surface area contributed by atoms with Gasteiger partial charge < -0.3 is 15.6 Å². The Hall–Kier alpha value is -2.37. The monoisotopic (exact) mass is 399 g/mol. The number of hydrogen-bond acceptors (Lipinski definition) is 2. The molecule has 0 saturated heterocycles. The number of aryl methyl sites for hydroxylation is 2. The summed E-state index contributed by atoms with van der Waals surface area (Å²) in [6, 6.07) is 11.7. The number of H-pyrrole nitrogens is 1. The number of nitrogens with one attached hydrogen (secondary N) is 3. The van der Waals surface area contributed by atoms with Crippen LogP contribution in [-0.4, -0.2) is 16.6 Å². The summed E-state index contributed by atoms with van der Waals surface area (Å²) in [5, 5.41) is 8.53. The average Bonchev–Trinajstić information content (AvgIpc) is 2.61. The summed E-state index contributed by atoms with van der Waals surface area (Å²) < 4.78 is 0. The lowest BCUT2D eigenvalue weighted by molar-refractivity contribution is 0.863. The van der Waals surface area contributed by atoms with Crippen molar-refractivity contribution in [3.63, 3.8) is 0 Å². The minimum Gasteiger partial charge on any atom is -0.362 e. The molecule has 0 unspecified atom stereocenters. The Morgan fingerprint density at radius 2 is 1.89 bits per heavy atom. The highest BCUT2D eigenvalue weighted by Crippen LogP contribution is 2.22. The van der Waals surface area contributed by atoms with Crippen molar-refractivity contribution in [1.29, 1.82) is 0 Å². The van der Waals surface area contributed by atoms with E-state index in [1.807, 2.05) is 44.2 Å². The fourth-order valence-electron chi connectivity index (χ4n) is 2.93. The number of aromatic amines is 1.